The van der Waals surface area contributed by atoms with Crippen molar-refractivity contribution in [3.63, 3.8) is 0 Å². The molecule has 17 heavy (non-hydrogen) atoms. The summed E-state index contributed by atoms with van der Waals surface area (Å²) in [6.45, 7) is 2.91. The first-order valence-electron chi connectivity index (χ1n) is 5.72. The average molecular weight is 255 g/mol. The molecule has 1 fully saturated rings. The van der Waals surface area contributed by atoms with Gasteiger partial charge in [-0.2, -0.15) is 0 Å². The maximum absolute atomic E-state index is 12.0. The minimum Gasteiger partial charge on any atom is -0.375 e. The van der Waals surface area contributed by atoms with Crippen molar-refractivity contribution in [1.82, 2.24) is 10.3 Å². The quantitative estimate of drug-likeness (QED) is 0.853. The third kappa shape index (κ3) is 2.95. The van der Waals surface area contributed by atoms with E-state index in [-0.39, 0.29) is 5.91 Å². The fourth-order valence-electron chi connectivity index (χ4n) is 1.87. The fourth-order valence-corrected chi connectivity index (χ4v) is 2.44. The molecule has 0 aliphatic carbocycles. The monoisotopic (exact) mass is 255 g/mol. The van der Waals surface area contributed by atoms with Crippen LogP contribution in [0.2, 0.25) is 0 Å². The Kier molecular flexibility index (Phi) is 3.63. The molecule has 1 unspecified atom stereocenters. The van der Waals surface area contributed by atoms with Crippen LogP contribution in [0.4, 0.5) is 5.13 Å². The van der Waals surface area contributed by atoms with Crippen LogP contribution in [0.5, 0.6) is 0 Å². The Bertz CT molecular complexity index is 399. The molecule has 0 bridgehead atoms. The second-order valence-corrected chi connectivity index (χ2v) is 5.29. The van der Waals surface area contributed by atoms with Crippen LogP contribution >= 0.6 is 11.3 Å². The van der Waals surface area contributed by atoms with Crippen LogP contribution in [0.15, 0.2) is 5.38 Å². The first-order valence-corrected chi connectivity index (χ1v) is 6.60. The Morgan fingerprint density at radius 1 is 1.71 bits per heavy atom. The van der Waals surface area contributed by atoms with Crippen LogP contribution in [0.25, 0.3) is 0 Å². The Hall–Kier alpha value is -1.14. The summed E-state index contributed by atoms with van der Waals surface area (Å²) in [6.07, 6.45) is 2.84. The molecule has 1 amide bonds. The highest BCUT2D eigenvalue weighted by Crippen LogP contribution is 2.24. The third-order valence-corrected chi connectivity index (χ3v) is 3.67. The summed E-state index contributed by atoms with van der Waals surface area (Å²) in [6, 6.07) is 0. The van der Waals surface area contributed by atoms with Gasteiger partial charge < -0.3 is 15.8 Å². The molecule has 1 atom stereocenters. The number of rotatable bonds is 3. The zero-order valence-electron chi connectivity index (χ0n) is 9.86. The molecule has 0 spiro atoms. The number of anilines is 1. The van der Waals surface area contributed by atoms with Crippen LogP contribution in [0, 0.1) is 0 Å². The number of ether oxygens (including phenoxy) is 1. The highest BCUT2D eigenvalue weighted by Gasteiger charge is 2.35. The molecule has 94 valence electrons. The zero-order chi connectivity index (χ0) is 12.3. The predicted molar refractivity (Wildman–Crippen MR) is 66.6 cm³/mol. The first kappa shape index (κ1) is 12.3. The maximum atomic E-state index is 12.0. The number of amides is 1. The van der Waals surface area contributed by atoms with Gasteiger partial charge in [-0.3, -0.25) is 4.79 Å². The van der Waals surface area contributed by atoms with E-state index in [1.54, 1.807) is 0 Å². The smallest absolute Gasteiger partial charge is 0.252 e. The van der Waals surface area contributed by atoms with Crippen LogP contribution in [-0.4, -0.2) is 23.1 Å². The van der Waals surface area contributed by atoms with Crippen LogP contribution < -0.4 is 11.1 Å². The van der Waals surface area contributed by atoms with Crippen molar-refractivity contribution in [2.45, 2.75) is 38.3 Å². The van der Waals surface area contributed by atoms with Gasteiger partial charge in [-0.15, -0.1) is 11.3 Å². The fraction of sp³-hybridized carbons (Fsp3) is 0.636. The molecule has 1 aliphatic rings. The van der Waals surface area contributed by atoms with Gasteiger partial charge in [0, 0.05) is 12.0 Å². The number of aromatic nitrogens is 1. The van der Waals surface area contributed by atoms with Gasteiger partial charge in [-0.1, -0.05) is 0 Å². The van der Waals surface area contributed by atoms with Crippen LogP contribution in [0.1, 0.15) is 31.9 Å². The molecule has 1 aromatic rings. The molecular formula is C11H17N3O2S. The number of nitrogens with zero attached hydrogens (tertiary/aromatic N) is 1. The number of hydrogen-bond donors (Lipinski definition) is 2. The van der Waals surface area contributed by atoms with Crippen molar-refractivity contribution >= 4 is 22.4 Å². The largest absolute Gasteiger partial charge is 0.375 e. The maximum Gasteiger partial charge on any atom is 0.252 e. The number of carbonyl (C=O) groups excluding carboxylic acids is 1. The number of nitrogens with two attached hydrogens (primary N) is 1. The van der Waals surface area contributed by atoms with E-state index < -0.39 is 5.60 Å². The second kappa shape index (κ2) is 5.01. The van der Waals surface area contributed by atoms with Crippen molar-refractivity contribution in [2.24, 2.45) is 0 Å². The highest BCUT2D eigenvalue weighted by atomic mass is 32.1. The van der Waals surface area contributed by atoms with Crippen LogP contribution in [0.3, 0.4) is 0 Å². The number of carbonyl (C=O) groups is 1. The van der Waals surface area contributed by atoms with Gasteiger partial charge in [-0.05, 0) is 26.2 Å². The number of nitrogens with one attached hydrogen (secondary N) is 1. The van der Waals surface area contributed by atoms with Crippen molar-refractivity contribution < 1.29 is 9.53 Å². The Morgan fingerprint density at radius 3 is 3.12 bits per heavy atom. The van der Waals surface area contributed by atoms with E-state index in [1.807, 2.05) is 12.3 Å². The van der Waals surface area contributed by atoms with Gasteiger partial charge in [-0.25, -0.2) is 4.98 Å². The van der Waals surface area contributed by atoms with E-state index in [1.165, 1.54) is 11.3 Å². The summed E-state index contributed by atoms with van der Waals surface area (Å²) in [5.74, 6) is -0.0660. The van der Waals surface area contributed by atoms with E-state index in [0.717, 1.165) is 25.0 Å². The molecule has 0 aromatic carbocycles. The van der Waals surface area contributed by atoms with Gasteiger partial charge in [0.05, 0.1) is 12.2 Å². The molecule has 1 saturated heterocycles. The van der Waals surface area contributed by atoms with E-state index in [0.29, 0.717) is 18.3 Å². The van der Waals surface area contributed by atoms with Crippen molar-refractivity contribution in [3.8, 4) is 0 Å². The van der Waals surface area contributed by atoms with Gasteiger partial charge in [0.25, 0.3) is 5.91 Å². The standard InChI is InChI=1S/C11H17N3O2S/c1-11(4-2-3-5-16-11)9(15)13-6-8-7-17-10(12)14-8/h7H,2-6H2,1H3,(H2,12,14)(H,13,15). The van der Waals surface area contributed by atoms with Gasteiger partial charge >= 0.3 is 0 Å². The summed E-state index contributed by atoms with van der Waals surface area (Å²) in [5.41, 5.74) is 5.63. The molecule has 0 saturated carbocycles. The predicted octanol–water partition coefficient (Wildman–Crippen LogP) is 1.30. The highest BCUT2D eigenvalue weighted by molar-refractivity contribution is 7.13. The molecule has 6 heteroatoms. The summed E-state index contributed by atoms with van der Waals surface area (Å²) in [4.78, 5) is 16.1. The molecule has 0 radical (unpaired) electrons. The first-order chi connectivity index (χ1) is 8.10. The number of hydrogen-bond acceptors (Lipinski definition) is 5. The van der Waals surface area contributed by atoms with E-state index in [9.17, 15) is 4.79 Å². The SMILES string of the molecule is CC1(C(=O)NCc2csc(N)n2)CCCCO1. The van der Waals surface area contributed by atoms with Gasteiger partial charge in [0.1, 0.15) is 5.60 Å². The van der Waals surface area contributed by atoms with Gasteiger partial charge in [0.2, 0.25) is 0 Å². The lowest BCUT2D eigenvalue weighted by molar-refractivity contribution is -0.150. The Balaban J connectivity index is 1.88. The zero-order valence-corrected chi connectivity index (χ0v) is 10.7. The lowest BCUT2D eigenvalue weighted by atomic mass is 9.95. The van der Waals surface area contributed by atoms with Crippen LogP contribution in [-0.2, 0) is 16.1 Å². The summed E-state index contributed by atoms with van der Waals surface area (Å²) in [7, 11) is 0. The molecule has 3 N–H and O–H groups in total. The van der Waals surface area contributed by atoms with E-state index >= 15 is 0 Å². The molecule has 1 aromatic heterocycles. The molecule has 2 heterocycles. The minimum atomic E-state index is -0.681. The molecule has 5 nitrogen and oxygen atoms in total. The summed E-state index contributed by atoms with van der Waals surface area (Å²) < 4.78 is 5.57. The van der Waals surface area contributed by atoms with Crippen molar-refractivity contribution in [2.75, 3.05) is 12.3 Å². The normalized spacial score (nSPS) is 24.5. The summed E-state index contributed by atoms with van der Waals surface area (Å²) in [5, 5.41) is 5.22. The topological polar surface area (TPSA) is 77.2 Å². The minimum absolute atomic E-state index is 0.0660. The van der Waals surface area contributed by atoms with Gasteiger partial charge in [0.15, 0.2) is 5.13 Å². The molecular weight excluding hydrogens is 238 g/mol. The van der Waals surface area contributed by atoms with E-state index in [2.05, 4.69) is 10.3 Å². The average Bonchev–Trinajstić information content (AvgIpc) is 2.73. The third-order valence-electron chi connectivity index (χ3n) is 2.95. The lowest BCUT2D eigenvalue weighted by Gasteiger charge is -2.32. The lowest BCUT2D eigenvalue weighted by Crippen LogP contribution is -2.48. The molecule has 2 rings (SSSR count). The summed E-state index contributed by atoms with van der Waals surface area (Å²) >= 11 is 1.37. The number of thiazole rings is 1. The second-order valence-electron chi connectivity index (χ2n) is 4.40. The molecule has 1 aliphatic heterocycles. The van der Waals surface area contributed by atoms with E-state index in [4.69, 9.17) is 10.5 Å². The van der Waals surface area contributed by atoms with Crippen molar-refractivity contribution in [1.29, 1.82) is 0 Å². The number of nitrogen functional groups attached to an aromatic ring is 1. The Morgan fingerprint density at radius 2 is 2.53 bits per heavy atom. The van der Waals surface area contributed by atoms with Crippen molar-refractivity contribution in [3.05, 3.63) is 11.1 Å². The Labute approximate surface area is 104 Å².